The number of para-hydroxylation sites is 2. The maximum Gasteiger partial charge on any atom is 0.255 e. The highest BCUT2D eigenvalue weighted by Gasteiger charge is 2.15. The van der Waals surface area contributed by atoms with Crippen molar-refractivity contribution in [3.05, 3.63) is 60.2 Å². The molecule has 0 bridgehead atoms. The van der Waals surface area contributed by atoms with Crippen molar-refractivity contribution in [2.45, 2.75) is 39.7 Å². The molecule has 1 unspecified atom stereocenters. The topological polar surface area (TPSA) is 38.3 Å². The Bertz CT molecular complexity index is 623. The highest BCUT2D eigenvalue weighted by atomic mass is 16.5. The molecule has 0 heterocycles. The predicted molar refractivity (Wildman–Crippen MR) is 94.0 cm³/mol. The van der Waals surface area contributed by atoms with Crippen LogP contribution in [-0.2, 0) is 0 Å². The summed E-state index contributed by atoms with van der Waals surface area (Å²) >= 11 is 0. The SMILES string of the molecule is CC(C)CCC(C)NC(=O)c1ccccc1Oc1ccccc1. The van der Waals surface area contributed by atoms with Crippen molar-refractivity contribution >= 4 is 5.91 Å². The third-order valence-corrected chi connectivity index (χ3v) is 3.66. The van der Waals surface area contributed by atoms with E-state index in [9.17, 15) is 4.79 Å². The monoisotopic (exact) mass is 311 g/mol. The number of ether oxygens (including phenoxy) is 1. The largest absolute Gasteiger partial charge is 0.457 e. The molecule has 0 radical (unpaired) electrons. The van der Waals surface area contributed by atoms with Gasteiger partial charge in [0.25, 0.3) is 5.91 Å². The summed E-state index contributed by atoms with van der Waals surface area (Å²) in [5.74, 6) is 1.85. The summed E-state index contributed by atoms with van der Waals surface area (Å²) in [5, 5.41) is 3.06. The second-order valence-corrected chi connectivity index (χ2v) is 6.26. The van der Waals surface area contributed by atoms with E-state index in [2.05, 4.69) is 19.2 Å². The van der Waals surface area contributed by atoms with Crippen molar-refractivity contribution < 1.29 is 9.53 Å². The van der Waals surface area contributed by atoms with E-state index in [1.54, 1.807) is 6.07 Å². The molecule has 0 aliphatic carbocycles. The molecule has 1 atom stereocenters. The van der Waals surface area contributed by atoms with Crippen molar-refractivity contribution in [3.8, 4) is 11.5 Å². The lowest BCUT2D eigenvalue weighted by atomic mass is 10.0. The summed E-state index contributed by atoms with van der Waals surface area (Å²) in [5.41, 5.74) is 0.563. The van der Waals surface area contributed by atoms with Gasteiger partial charge < -0.3 is 10.1 Å². The van der Waals surface area contributed by atoms with Gasteiger partial charge >= 0.3 is 0 Å². The Kier molecular flexibility index (Phi) is 6.21. The fourth-order valence-corrected chi connectivity index (χ4v) is 2.32. The summed E-state index contributed by atoms with van der Waals surface area (Å²) in [6, 6.07) is 17.0. The van der Waals surface area contributed by atoms with Gasteiger partial charge in [-0.3, -0.25) is 4.79 Å². The van der Waals surface area contributed by atoms with Crippen LogP contribution in [0.25, 0.3) is 0 Å². The van der Waals surface area contributed by atoms with Crippen LogP contribution >= 0.6 is 0 Å². The van der Waals surface area contributed by atoms with Gasteiger partial charge in [0.15, 0.2) is 0 Å². The second kappa shape index (κ2) is 8.37. The molecule has 1 amide bonds. The molecule has 0 saturated carbocycles. The first kappa shape index (κ1) is 17.1. The molecule has 2 rings (SSSR count). The molecule has 3 nitrogen and oxygen atoms in total. The summed E-state index contributed by atoms with van der Waals surface area (Å²) in [6.07, 6.45) is 2.08. The minimum Gasteiger partial charge on any atom is -0.457 e. The van der Waals surface area contributed by atoms with E-state index < -0.39 is 0 Å². The number of carbonyl (C=O) groups is 1. The average Bonchev–Trinajstić information content (AvgIpc) is 2.54. The highest BCUT2D eigenvalue weighted by molar-refractivity contribution is 5.97. The molecule has 0 fully saturated rings. The second-order valence-electron chi connectivity index (χ2n) is 6.26. The molecule has 0 aromatic heterocycles. The maximum atomic E-state index is 12.5. The number of benzene rings is 2. The van der Waals surface area contributed by atoms with Crippen molar-refractivity contribution in [2.24, 2.45) is 5.92 Å². The normalized spacial score (nSPS) is 12.0. The van der Waals surface area contributed by atoms with E-state index in [4.69, 9.17) is 4.74 Å². The Hall–Kier alpha value is -2.29. The lowest BCUT2D eigenvalue weighted by Crippen LogP contribution is -2.32. The molecule has 23 heavy (non-hydrogen) atoms. The third-order valence-electron chi connectivity index (χ3n) is 3.66. The van der Waals surface area contributed by atoms with Gasteiger partial charge in [0.1, 0.15) is 11.5 Å². The van der Waals surface area contributed by atoms with Crippen LogP contribution in [0.3, 0.4) is 0 Å². The van der Waals surface area contributed by atoms with E-state index in [-0.39, 0.29) is 11.9 Å². The van der Waals surface area contributed by atoms with E-state index in [1.165, 1.54) is 0 Å². The molecule has 0 aliphatic heterocycles. The predicted octanol–water partition coefficient (Wildman–Crippen LogP) is 5.03. The maximum absolute atomic E-state index is 12.5. The van der Waals surface area contributed by atoms with Gasteiger partial charge in [-0.05, 0) is 49.9 Å². The molecule has 0 aliphatic rings. The van der Waals surface area contributed by atoms with Crippen molar-refractivity contribution in [2.75, 3.05) is 0 Å². The van der Waals surface area contributed by atoms with Gasteiger partial charge in [-0.25, -0.2) is 0 Å². The fourth-order valence-electron chi connectivity index (χ4n) is 2.32. The lowest BCUT2D eigenvalue weighted by Gasteiger charge is -2.16. The average molecular weight is 311 g/mol. The van der Waals surface area contributed by atoms with Gasteiger partial charge in [-0.1, -0.05) is 44.2 Å². The van der Waals surface area contributed by atoms with Crippen molar-refractivity contribution in [3.63, 3.8) is 0 Å². The molecule has 3 heteroatoms. The quantitative estimate of drug-likeness (QED) is 0.778. The molecule has 1 N–H and O–H groups in total. The Morgan fingerprint density at radius 3 is 2.30 bits per heavy atom. The van der Waals surface area contributed by atoms with Gasteiger partial charge in [-0.15, -0.1) is 0 Å². The van der Waals surface area contributed by atoms with Gasteiger partial charge in [0, 0.05) is 6.04 Å². The first-order chi connectivity index (χ1) is 11.1. The summed E-state index contributed by atoms with van der Waals surface area (Å²) in [4.78, 5) is 12.5. The van der Waals surface area contributed by atoms with Gasteiger partial charge in [0.05, 0.1) is 5.56 Å². The first-order valence-corrected chi connectivity index (χ1v) is 8.19. The molecule has 2 aromatic rings. The Balaban J connectivity index is 2.05. The number of hydrogen-bond donors (Lipinski definition) is 1. The molecule has 122 valence electrons. The minimum absolute atomic E-state index is 0.0900. The fraction of sp³-hybridized carbons (Fsp3) is 0.350. The highest BCUT2D eigenvalue weighted by Crippen LogP contribution is 2.25. The van der Waals surface area contributed by atoms with Crippen LogP contribution in [-0.4, -0.2) is 11.9 Å². The Morgan fingerprint density at radius 1 is 0.957 bits per heavy atom. The van der Waals surface area contributed by atoms with Crippen LogP contribution in [0.4, 0.5) is 0 Å². The van der Waals surface area contributed by atoms with Crippen LogP contribution in [0, 0.1) is 5.92 Å². The van der Waals surface area contributed by atoms with Crippen LogP contribution in [0.5, 0.6) is 11.5 Å². The molecular weight excluding hydrogens is 286 g/mol. The minimum atomic E-state index is -0.0900. The number of amides is 1. The smallest absolute Gasteiger partial charge is 0.255 e. The van der Waals surface area contributed by atoms with Gasteiger partial charge in [0.2, 0.25) is 0 Å². The van der Waals surface area contributed by atoms with Crippen LogP contribution in [0.15, 0.2) is 54.6 Å². The zero-order chi connectivity index (χ0) is 16.7. The Labute approximate surface area is 138 Å². The number of rotatable bonds is 7. The van der Waals surface area contributed by atoms with Crippen molar-refractivity contribution in [1.29, 1.82) is 0 Å². The van der Waals surface area contributed by atoms with E-state index >= 15 is 0 Å². The van der Waals surface area contributed by atoms with Crippen molar-refractivity contribution in [1.82, 2.24) is 5.32 Å². The van der Waals surface area contributed by atoms with Crippen LogP contribution in [0.1, 0.15) is 44.0 Å². The standard InChI is InChI=1S/C20H25NO2/c1-15(2)13-14-16(3)21-20(22)18-11-7-8-12-19(18)23-17-9-5-4-6-10-17/h4-12,15-16H,13-14H2,1-3H3,(H,21,22). The molecular formula is C20H25NO2. The van der Waals surface area contributed by atoms with E-state index in [0.717, 1.165) is 18.6 Å². The van der Waals surface area contributed by atoms with Crippen LogP contribution < -0.4 is 10.1 Å². The zero-order valence-electron chi connectivity index (χ0n) is 14.1. The summed E-state index contributed by atoms with van der Waals surface area (Å²) < 4.78 is 5.85. The first-order valence-electron chi connectivity index (χ1n) is 8.19. The summed E-state index contributed by atoms with van der Waals surface area (Å²) in [6.45, 7) is 6.43. The molecule has 0 spiro atoms. The van der Waals surface area contributed by atoms with E-state index in [1.807, 2.05) is 55.5 Å². The zero-order valence-corrected chi connectivity index (χ0v) is 14.1. The molecule has 0 saturated heterocycles. The molecule has 2 aromatic carbocycles. The number of nitrogens with one attached hydrogen (secondary N) is 1. The Morgan fingerprint density at radius 2 is 1.61 bits per heavy atom. The van der Waals surface area contributed by atoms with Crippen LogP contribution in [0.2, 0.25) is 0 Å². The third kappa shape index (κ3) is 5.44. The lowest BCUT2D eigenvalue weighted by molar-refractivity contribution is 0.0935. The summed E-state index contributed by atoms with van der Waals surface area (Å²) in [7, 11) is 0. The number of hydrogen-bond acceptors (Lipinski definition) is 2. The van der Waals surface area contributed by atoms with Gasteiger partial charge in [-0.2, -0.15) is 0 Å². The number of carbonyl (C=O) groups excluding carboxylic acids is 1. The van der Waals surface area contributed by atoms with E-state index in [0.29, 0.717) is 17.2 Å².